The molecule has 0 spiro atoms. The van der Waals surface area contributed by atoms with Gasteiger partial charge in [-0.3, -0.25) is 4.98 Å². The van der Waals surface area contributed by atoms with Crippen molar-refractivity contribution < 1.29 is 13.2 Å². The lowest BCUT2D eigenvalue weighted by molar-refractivity contribution is 0.0553. The van der Waals surface area contributed by atoms with Crippen molar-refractivity contribution in [2.75, 3.05) is 42.7 Å². The van der Waals surface area contributed by atoms with Crippen LogP contribution in [0.1, 0.15) is 30.1 Å². The number of hydrogen-bond acceptors (Lipinski definition) is 8. The minimum Gasteiger partial charge on any atom is -0.381 e. The molecule has 0 saturated carbocycles. The molecule has 1 aromatic carbocycles. The highest BCUT2D eigenvalue weighted by atomic mass is 32.2. The Hall–Kier alpha value is -3.83. The molecule has 41 heavy (non-hydrogen) atoms. The minimum absolute atomic E-state index is 0.0555. The van der Waals surface area contributed by atoms with Gasteiger partial charge in [-0.2, -0.15) is 0 Å². The van der Waals surface area contributed by atoms with E-state index in [-0.39, 0.29) is 17.5 Å². The predicted molar refractivity (Wildman–Crippen MR) is 159 cm³/mol. The monoisotopic (exact) mass is 571 g/mol. The molecule has 0 unspecified atom stereocenters. The van der Waals surface area contributed by atoms with Gasteiger partial charge in [-0.05, 0) is 37.3 Å². The van der Waals surface area contributed by atoms with Crippen molar-refractivity contribution in [2.24, 2.45) is 13.0 Å². The highest BCUT2D eigenvalue weighted by molar-refractivity contribution is 7.91. The fraction of sp³-hybridized carbons (Fsp3) is 0.400. The summed E-state index contributed by atoms with van der Waals surface area (Å²) in [6, 6.07) is 15.1. The summed E-state index contributed by atoms with van der Waals surface area (Å²) in [6.07, 6.45) is 5.72. The molecule has 212 valence electrons. The third-order valence-electron chi connectivity index (χ3n) is 8.58. The van der Waals surface area contributed by atoms with Gasteiger partial charge in [0.1, 0.15) is 5.82 Å². The lowest BCUT2D eigenvalue weighted by Gasteiger charge is -2.33. The fourth-order valence-electron chi connectivity index (χ4n) is 6.50. The number of ether oxygens (including phenoxy) is 1. The van der Waals surface area contributed by atoms with Crippen LogP contribution in [-0.2, 0) is 21.6 Å². The van der Waals surface area contributed by atoms with E-state index in [2.05, 4.69) is 62.2 Å². The maximum Gasteiger partial charge on any atom is 0.153 e. The Labute approximate surface area is 238 Å². The SMILES string of the molecule is Cc1nnn(C)c1-c1cnc2c3cnc(N4CCS(=O)(=O)CC4)cc3n([C@H](c3ccccc3)C3CCOCC3)c2c1. The molecule has 2 aliphatic heterocycles. The van der Waals surface area contributed by atoms with Gasteiger partial charge in [-0.1, -0.05) is 35.5 Å². The summed E-state index contributed by atoms with van der Waals surface area (Å²) >= 11 is 0. The Morgan fingerprint density at radius 1 is 0.976 bits per heavy atom. The van der Waals surface area contributed by atoms with Crippen LogP contribution in [0, 0.1) is 12.8 Å². The minimum atomic E-state index is -3.00. The van der Waals surface area contributed by atoms with E-state index in [1.165, 1.54) is 5.56 Å². The molecule has 5 aromatic rings. The van der Waals surface area contributed by atoms with Crippen LogP contribution in [0.25, 0.3) is 33.2 Å². The number of hydrogen-bond donors (Lipinski definition) is 0. The Morgan fingerprint density at radius 3 is 2.44 bits per heavy atom. The lowest BCUT2D eigenvalue weighted by atomic mass is 9.86. The van der Waals surface area contributed by atoms with Crippen molar-refractivity contribution in [1.29, 1.82) is 0 Å². The first kappa shape index (κ1) is 26.1. The van der Waals surface area contributed by atoms with Gasteiger partial charge in [0.15, 0.2) is 9.84 Å². The molecular formula is C30H33N7O3S. The first-order valence-corrected chi connectivity index (χ1v) is 16.0. The molecule has 4 aromatic heterocycles. The van der Waals surface area contributed by atoms with E-state index in [4.69, 9.17) is 14.7 Å². The number of anilines is 1. The van der Waals surface area contributed by atoms with Gasteiger partial charge in [0.2, 0.25) is 0 Å². The highest BCUT2D eigenvalue weighted by Gasteiger charge is 2.31. The zero-order chi connectivity index (χ0) is 28.1. The van der Waals surface area contributed by atoms with Crippen LogP contribution in [0.15, 0.2) is 54.9 Å². The maximum atomic E-state index is 12.1. The Morgan fingerprint density at radius 2 is 1.73 bits per heavy atom. The number of pyridine rings is 2. The Bertz CT molecular complexity index is 1810. The molecule has 0 aliphatic carbocycles. The average molecular weight is 572 g/mol. The number of benzene rings is 1. The van der Waals surface area contributed by atoms with Crippen LogP contribution < -0.4 is 4.90 Å². The smallest absolute Gasteiger partial charge is 0.153 e. The van der Waals surface area contributed by atoms with Crippen LogP contribution in [-0.4, -0.2) is 75.8 Å². The molecule has 0 bridgehead atoms. The summed E-state index contributed by atoms with van der Waals surface area (Å²) < 4.78 is 34.3. The standard InChI is InChI=1S/C30H33N7O3S/c1-20-29(35(2)34-33-20)23-16-26-28(32-18-23)24-19-31-27(36-10-14-41(38,39)15-11-36)17-25(24)37(26)30(21-6-4-3-5-7-21)22-8-12-40-13-9-22/h3-7,16-19,22,30H,8-15H2,1-2H3/t30-/m1/s1. The van der Waals surface area contributed by atoms with Gasteiger partial charge in [0.25, 0.3) is 0 Å². The zero-order valence-corrected chi connectivity index (χ0v) is 24.1. The molecule has 0 N–H and O–H groups in total. The molecule has 10 nitrogen and oxygen atoms in total. The van der Waals surface area contributed by atoms with Crippen molar-refractivity contribution >= 4 is 37.6 Å². The molecule has 0 radical (unpaired) electrons. The van der Waals surface area contributed by atoms with Gasteiger partial charge < -0.3 is 14.2 Å². The van der Waals surface area contributed by atoms with Crippen molar-refractivity contribution in [3.63, 3.8) is 0 Å². The summed E-state index contributed by atoms with van der Waals surface area (Å²) in [5.74, 6) is 1.45. The van der Waals surface area contributed by atoms with Crippen molar-refractivity contribution in [2.45, 2.75) is 25.8 Å². The summed E-state index contributed by atoms with van der Waals surface area (Å²) in [5.41, 5.74) is 6.95. The Balaban J connectivity index is 1.48. The van der Waals surface area contributed by atoms with E-state index in [0.29, 0.717) is 19.0 Å². The number of rotatable bonds is 5. The third kappa shape index (κ3) is 4.66. The van der Waals surface area contributed by atoms with E-state index < -0.39 is 9.84 Å². The second-order valence-electron chi connectivity index (χ2n) is 11.1. The quantitative estimate of drug-likeness (QED) is 0.312. The second-order valence-corrected chi connectivity index (χ2v) is 13.4. The zero-order valence-electron chi connectivity index (χ0n) is 23.3. The van der Waals surface area contributed by atoms with Crippen molar-refractivity contribution in [3.05, 3.63) is 66.1 Å². The lowest BCUT2D eigenvalue weighted by Crippen LogP contribution is -2.40. The van der Waals surface area contributed by atoms with Crippen molar-refractivity contribution in [3.8, 4) is 11.3 Å². The van der Waals surface area contributed by atoms with Gasteiger partial charge >= 0.3 is 0 Å². The molecular weight excluding hydrogens is 538 g/mol. The summed E-state index contributed by atoms with van der Waals surface area (Å²) in [5, 5.41) is 9.48. The number of aryl methyl sites for hydroxylation is 2. The molecule has 2 aliphatic rings. The van der Waals surface area contributed by atoms with E-state index in [0.717, 1.165) is 70.8 Å². The number of sulfone groups is 1. The van der Waals surface area contributed by atoms with Crippen LogP contribution in [0.4, 0.5) is 5.82 Å². The molecule has 7 rings (SSSR count). The van der Waals surface area contributed by atoms with Crippen molar-refractivity contribution in [1.82, 2.24) is 29.5 Å². The third-order valence-corrected chi connectivity index (χ3v) is 10.2. The van der Waals surface area contributed by atoms with Crippen LogP contribution in [0.2, 0.25) is 0 Å². The van der Waals surface area contributed by atoms with E-state index in [1.807, 2.05) is 26.4 Å². The molecule has 0 amide bonds. The van der Waals surface area contributed by atoms with Gasteiger partial charge in [-0.15, -0.1) is 5.10 Å². The molecule has 2 saturated heterocycles. The van der Waals surface area contributed by atoms with Crippen LogP contribution in [0.5, 0.6) is 0 Å². The number of nitrogens with zero attached hydrogens (tertiary/aromatic N) is 7. The fourth-order valence-corrected chi connectivity index (χ4v) is 7.70. The molecule has 11 heteroatoms. The predicted octanol–water partition coefficient (Wildman–Crippen LogP) is 3.94. The van der Waals surface area contributed by atoms with E-state index in [1.54, 1.807) is 4.68 Å². The van der Waals surface area contributed by atoms with Crippen LogP contribution >= 0.6 is 0 Å². The first-order valence-electron chi connectivity index (χ1n) is 14.1. The average Bonchev–Trinajstić information content (AvgIpc) is 3.49. The number of fused-ring (bicyclic) bond motifs is 3. The summed E-state index contributed by atoms with van der Waals surface area (Å²) in [7, 11) is -1.10. The molecule has 2 fully saturated rings. The van der Waals surface area contributed by atoms with E-state index in [9.17, 15) is 8.42 Å². The maximum absolute atomic E-state index is 12.1. The summed E-state index contributed by atoms with van der Waals surface area (Å²) in [6.45, 7) is 4.33. The normalized spacial score (nSPS) is 18.7. The number of aromatic nitrogens is 6. The van der Waals surface area contributed by atoms with E-state index >= 15 is 0 Å². The largest absolute Gasteiger partial charge is 0.381 e. The highest BCUT2D eigenvalue weighted by Crippen LogP contribution is 2.41. The van der Waals surface area contributed by atoms with Crippen LogP contribution in [0.3, 0.4) is 0 Å². The Kier molecular flexibility index (Phi) is 6.50. The van der Waals surface area contributed by atoms with Gasteiger partial charge in [0, 0.05) is 62.8 Å². The molecule has 1 atom stereocenters. The summed E-state index contributed by atoms with van der Waals surface area (Å²) in [4.78, 5) is 11.9. The molecule has 6 heterocycles. The first-order chi connectivity index (χ1) is 19.9. The van der Waals surface area contributed by atoms with Gasteiger partial charge in [-0.25, -0.2) is 18.1 Å². The van der Waals surface area contributed by atoms with Gasteiger partial charge in [0.05, 0.1) is 45.5 Å². The second kappa shape index (κ2) is 10.2. The topological polar surface area (TPSA) is 108 Å².